The highest BCUT2D eigenvalue weighted by atomic mass is 32.2. The molecule has 6 nitrogen and oxygen atoms in total. The topological polar surface area (TPSA) is 84.2 Å². The number of nitrogens with one attached hydrogen (secondary N) is 1. The van der Waals surface area contributed by atoms with Crippen LogP contribution in [0.5, 0.6) is 0 Å². The number of rotatable bonds is 7. The molecule has 1 atom stereocenters. The molecule has 2 rings (SSSR count). The fraction of sp³-hybridized carbons (Fsp3) is 0.727. The molecule has 0 spiro atoms. The summed E-state index contributed by atoms with van der Waals surface area (Å²) in [5.41, 5.74) is 0. The normalized spacial score (nSPS) is 17.9. The summed E-state index contributed by atoms with van der Waals surface area (Å²) < 4.78 is 28.1. The molecular weight excluding hydrogens is 254 g/mol. The van der Waals surface area contributed by atoms with Crippen molar-refractivity contribution in [3.8, 4) is 0 Å². The molecule has 1 aliphatic carbocycles. The fourth-order valence-corrected chi connectivity index (χ4v) is 3.15. The first-order chi connectivity index (χ1) is 8.51. The summed E-state index contributed by atoms with van der Waals surface area (Å²) in [6.45, 7) is 2.12. The first kappa shape index (κ1) is 13.5. The molecule has 1 aliphatic rings. The first-order valence-electron chi connectivity index (χ1n) is 6.17. The van der Waals surface area contributed by atoms with Gasteiger partial charge in [-0.25, -0.2) is 13.1 Å². The second-order valence-corrected chi connectivity index (χ2v) is 6.58. The summed E-state index contributed by atoms with van der Waals surface area (Å²) >= 11 is 0. The fourth-order valence-electron chi connectivity index (χ4n) is 1.94. The lowest BCUT2D eigenvalue weighted by Crippen LogP contribution is -2.32. The van der Waals surface area contributed by atoms with Crippen molar-refractivity contribution in [3.05, 3.63) is 12.4 Å². The lowest BCUT2D eigenvalue weighted by atomic mass is 10.2. The molecule has 18 heavy (non-hydrogen) atoms. The van der Waals surface area contributed by atoms with E-state index in [9.17, 15) is 8.42 Å². The Labute approximate surface area is 107 Å². The number of sulfonamides is 1. The van der Waals surface area contributed by atoms with E-state index >= 15 is 0 Å². The summed E-state index contributed by atoms with van der Waals surface area (Å²) in [4.78, 5) is 0.151. The average molecular weight is 273 g/mol. The van der Waals surface area contributed by atoms with Crippen molar-refractivity contribution in [3.63, 3.8) is 0 Å². The smallest absolute Gasteiger partial charge is 0.243 e. The van der Waals surface area contributed by atoms with Crippen molar-refractivity contribution in [1.29, 1.82) is 0 Å². The van der Waals surface area contributed by atoms with Gasteiger partial charge in [0.15, 0.2) is 0 Å². The minimum Gasteiger partial charge on any atom is -0.394 e. The zero-order valence-electron chi connectivity index (χ0n) is 10.4. The van der Waals surface area contributed by atoms with Crippen LogP contribution < -0.4 is 4.72 Å². The van der Waals surface area contributed by atoms with E-state index < -0.39 is 10.0 Å². The maximum atomic E-state index is 12.0. The molecule has 1 heterocycles. The number of aromatic nitrogens is 2. The Bertz CT molecular complexity index is 493. The van der Waals surface area contributed by atoms with E-state index in [0.29, 0.717) is 12.5 Å². The van der Waals surface area contributed by atoms with Gasteiger partial charge in [-0.15, -0.1) is 0 Å². The zero-order chi connectivity index (χ0) is 13.2. The van der Waals surface area contributed by atoms with Crippen LogP contribution in [0.3, 0.4) is 0 Å². The van der Waals surface area contributed by atoms with Gasteiger partial charge in [-0.2, -0.15) is 5.10 Å². The van der Waals surface area contributed by atoms with Crippen LogP contribution in [0.15, 0.2) is 17.3 Å². The Kier molecular flexibility index (Phi) is 4.04. The molecule has 1 aromatic rings. The van der Waals surface area contributed by atoms with E-state index in [0.717, 1.165) is 6.42 Å². The third-order valence-electron chi connectivity index (χ3n) is 2.99. The van der Waals surface area contributed by atoms with Gasteiger partial charge in [0.05, 0.1) is 19.3 Å². The second-order valence-electron chi connectivity index (χ2n) is 4.86. The van der Waals surface area contributed by atoms with Crippen LogP contribution in [0.25, 0.3) is 0 Å². The van der Waals surface area contributed by atoms with E-state index in [1.54, 1.807) is 0 Å². The lowest BCUT2D eigenvalue weighted by molar-refractivity contribution is 0.269. The van der Waals surface area contributed by atoms with Crippen molar-refractivity contribution < 1.29 is 13.5 Å². The van der Waals surface area contributed by atoms with Gasteiger partial charge in [0.2, 0.25) is 10.0 Å². The zero-order valence-corrected chi connectivity index (χ0v) is 11.2. The van der Waals surface area contributed by atoms with E-state index in [1.165, 1.54) is 29.9 Å². The predicted octanol–water partition coefficient (Wildman–Crippen LogP) is 0.342. The molecule has 0 amide bonds. The molecule has 0 aliphatic heterocycles. The van der Waals surface area contributed by atoms with Crippen LogP contribution in [-0.4, -0.2) is 36.0 Å². The highest BCUT2D eigenvalue weighted by Gasteiger charge is 2.26. The molecule has 0 aromatic carbocycles. The molecule has 0 radical (unpaired) electrons. The molecule has 0 saturated heterocycles. The summed E-state index contributed by atoms with van der Waals surface area (Å²) in [5, 5.41) is 12.6. The number of aliphatic hydroxyl groups is 1. The molecular formula is C11H19N3O3S. The number of hydrogen-bond acceptors (Lipinski definition) is 4. The Morgan fingerprint density at radius 2 is 2.33 bits per heavy atom. The molecule has 2 N–H and O–H groups in total. The van der Waals surface area contributed by atoms with E-state index in [-0.39, 0.29) is 17.5 Å². The highest BCUT2D eigenvalue weighted by molar-refractivity contribution is 7.89. The maximum Gasteiger partial charge on any atom is 0.243 e. The maximum absolute atomic E-state index is 12.0. The second kappa shape index (κ2) is 5.38. The summed E-state index contributed by atoms with van der Waals surface area (Å²) in [6.07, 6.45) is 6.05. The Morgan fingerprint density at radius 1 is 1.61 bits per heavy atom. The van der Waals surface area contributed by atoms with Gasteiger partial charge < -0.3 is 5.11 Å². The quantitative estimate of drug-likeness (QED) is 0.750. The van der Waals surface area contributed by atoms with Crippen molar-refractivity contribution in [2.24, 2.45) is 5.92 Å². The van der Waals surface area contributed by atoms with Crippen LogP contribution in [-0.2, 0) is 16.6 Å². The molecule has 1 fully saturated rings. The first-order valence-corrected chi connectivity index (χ1v) is 7.65. The van der Waals surface area contributed by atoms with E-state index in [2.05, 4.69) is 9.82 Å². The van der Waals surface area contributed by atoms with Crippen LogP contribution in [0.1, 0.15) is 26.2 Å². The third kappa shape index (κ3) is 3.54. The van der Waals surface area contributed by atoms with Crippen molar-refractivity contribution in [2.45, 2.75) is 43.7 Å². The summed E-state index contributed by atoms with van der Waals surface area (Å²) in [6, 6.07) is -0.0521. The van der Waals surface area contributed by atoms with Gasteiger partial charge in [-0.1, -0.05) is 12.8 Å². The standard InChI is InChI=1S/C11H19N3O3S/c1-9(6-10-2-3-10)13-18(16,17)11-7-12-14(8-11)4-5-15/h7-10,13,15H,2-6H2,1H3. The van der Waals surface area contributed by atoms with Gasteiger partial charge >= 0.3 is 0 Å². The summed E-state index contributed by atoms with van der Waals surface area (Å²) in [5.74, 6) is 0.680. The van der Waals surface area contributed by atoms with Crippen LogP contribution in [0.4, 0.5) is 0 Å². The highest BCUT2D eigenvalue weighted by Crippen LogP contribution is 2.33. The van der Waals surface area contributed by atoms with Crippen LogP contribution in [0.2, 0.25) is 0 Å². The summed E-state index contributed by atoms with van der Waals surface area (Å²) in [7, 11) is -3.49. The molecule has 0 bridgehead atoms. The van der Waals surface area contributed by atoms with Crippen LogP contribution in [0, 0.1) is 5.92 Å². The number of aliphatic hydroxyl groups excluding tert-OH is 1. The largest absolute Gasteiger partial charge is 0.394 e. The monoisotopic (exact) mass is 273 g/mol. The number of hydrogen-bond donors (Lipinski definition) is 2. The SMILES string of the molecule is CC(CC1CC1)NS(=O)(=O)c1cnn(CCO)c1. The Morgan fingerprint density at radius 3 is 2.94 bits per heavy atom. The van der Waals surface area contributed by atoms with Crippen molar-refractivity contribution >= 4 is 10.0 Å². The average Bonchev–Trinajstić information content (AvgIpc) is 2.94. The molecule has 7 heteroatoms. The molecule has 1 saturated carbocycles. The van der Waals surface area contributed by atoms with Crippen molar-refractivity contribution in [1.82, 2.24) is 14.5 Å². The lowest BCUT2D eigenvalue weighted by Gasteiger charge is -2.12. The molecule has 1 aromatic heterocycles. The van der Waals surface area contributed by atoms with Gasteiger partial charge in [-0.05, 0) is 19.3 Å². The van der Waals surface area contributed by atoms with E-state index in [1.807, 2.05) is 6.92 Å². The van der Waals surface area contributed by atoms with Crippen LogP contribution >= 0.6 is 0 Å². The number of nitrogens with zero attached hydrogens (tertiary/aromatic N) is 2. The van der Waals surface area contributed by atoms with Crippen molar-refractivity contribution in [2.75, 3.05) is 6.61 Å². The van der Waals surface area contributed by atoms with E-state index in [4.69, 9.17) is 5.11 Å². The van der Waals surface area contributed by atoms with Gasteiger partial charge in [-0.3, -0.25) is 4.68 Å². The van der Waals surface area contributed by atoms with Gasteiger partial charge in [0.25, 0.3) is 0 Å². The predicted molar refractivity (Wildman–Crippen MR) is 66.4 cm³/mol. The minimum atomic E-state index is -3.49. The minimum absolute atomic E-state index is 0.0521. The molecule has 1 unspecified atom stereocenters. The molecule has 102 valence electrons. The Hall–Kier alpha value is -0.920. The third-order valence-corrected chi connectivity index (χ3v) is 4.53. The Balaban J connectivity index is 1.99. The van der Waals surface area contributed by atoms with Gasteiger partial charge in [0.1, 0.15) is 4.90 Å². The van der Waals surface area contributed by atoms with Gasteiger partial charge in [0, 0.05) is 12.2 Å².